The highest BCUT2D eigenvalue weighted by atomic mass is 32.1. The third-order valence-electron chi connectivity index (χ3n) is 4.66. The van der Waals surface area contributed by atoms with Crippen LogP contribution < -0.4 is 5.32 Å². The van der Waals surface area contributed by atoms with Gasteiger partial charge in [-0.05, 0) is 12.1 Å². The summed E-state index contributed by atoms with van der Waals surface area (Å²) in [6.07, 6.45) is 0. The van der Waals surface area contributed by atoms with Gasteiger partial charge >= 0.3 is 6.03 Å². The van der Waals surface area contributed by atoms with Gasteiger partial charge in [-0.15, -0.1) is 11.3 Å². The zero-order valence-corrected chi connectivity index (χ0v) is 16.1. The minimum Gasteiger partial charge on any atom is -0.335 e. The number of amides is 3. The molecule has 0 unspecified atom stereocenters. The number of piperazine rings is 1. The Hall–Kier alpha value is -3.19. The van der Waals surface area contributed by atoms with Gasteiger partial charge < -0.3 is 9.80 Å². The second-order valence-electron chi connectivity index (χ2n) is 6.48. The number of carbonyl (C=O) groups excluding carboxylic acids is 2. The highest BCUT2D eigenvalue weighted by molar-refractivity contribution is 7.14. The van der Waals surface area contributed by atoms with E-state index in [2.05, 4.69) is 10.3 Å². The number of carbonyl (C=O) groups is 2. The van der Waals surface area contributed by atoms with E-state index in [-0.39, 0.29) is 11.9 Å². The van der Waals surface area contributed by atoms with Gasteiger partial charge in [0.2, 0.25) is 0 Å². The van der Waals surface area contributed by atoms with E-state index in [0.29, 0.717) is 36.9 Å². The van der Waals surface area contributed by atoms with E-state index in [1.807, 2.05) is 66.0 Å². The molecule has 0 bridgehead atoms. The van der Waals surface area contributed by atoms with Crippen molar-refractivity contribution in [3.8, 4) is 11.3 Å². The Morgan fingerprint density at radius 1 is 0.857 bits per heavy atom. The predicted octanol–water partition coefficient (Wildman–Crippen LogP) is 3.80. The van der Waals surface area contributed by atoms with Crippen LogP contribution in [0.15, 0.2) is 66.0 Å². The summed E-state index contributed by atoms with van der Waals surface area (Å²) < 4.78 is 0. The first kappa shape index (κ1) is 18.2. The molecular weight excluding hydrogens is 372 g/mol. The van der Waals surface area contributed by atoms with Crippen molar-refractivity contribution in [2.45, 2.75) is 0 Å². The molecule has 1 aliphatic rings. The van der Waals surface area contributed by atoms with Crippen LogP contribution in [0.5, 0.6) is 0 Å². The summed E-state index contributed by atoms with van der Waals surface area (Å²) >= 11 is 1.41. The van der Waals surface area contributed by atoms with Crippen LogP contribution in [0.3, 0.4) is 0 Å². The lowest BCUT2D eigenvalue weighted by molar-refractivity contribution is 0.0671. The smallest absolute Gasteiger partial charge is 0.323 e. The zero-order valence-electron chi connectivity index (χ0n) is 15.2. The molecule has 1 aromatic heterocycles. The minimum atomic E-state index is -0.180. The monoisotopic (exact) mass is 392 g/mol. The molecule has 0 aliphatic carbocycles. The lowest BCUT2D eigenvalue weighted by Crippen LogP contribution is -2.51. The van der Waals surface area contributed by atoms with E-state index in [1.54, 1.807) is 9.80 Å². The van der Waals surface area contributed by atoms with E-state index in [9.17, 15) is 9.59 Å². The fourth-order valence-corrected chi connectivity index (χ4v) is 3.83. The van der Waals surface area contributed by atoms with E-state index < -0.39 is 0 Å². The quantitative estimate of drug-likeness (QED) is 0.737. The maximum Gasteiger partial charge on any atom is 0.323 e. The fraction of sp³-hybridized carbons (Fsp3) is 0.190. The second kappa shape index (κ2) is 8.22. The largest absolute Gasteiger partial charge is 0.335 e. The molecule has 0 spiro atoms. The Bertz CT molecular complexity index is 951. The standard InChI is InChI=1S/C21H20N4O2S/c26-19(17-9-5-2-6-10-17)24-11-13-25(14-12-24)21(27)23-20-22-18(15-28-20)16-7-3-1-4-8-16/h1-10,15H,11-14H2,(H,22,23,27). The normalized spacial score (nSPS) is 14.0. The highest BCUT2D eigenvalue weighted by Crippen LogP contribution is 2.24. The number of urea groups is 1. The first-order chi connectivity index (χ1) is 13.7. The molecule has 4 rings (SSSR count). The third-order valence-corrected chi connectivity index (χ3v) is 5.42. The number of nitrogens with one attached hydrogen (secondary N) is 1. The summed E-state index contributed by atoms with van der Waals surface area (Å²) in [6.45, 7) is 2.05. The fourth-order valence-electron chi connectivity index (χ4n) is 3.12. The summed E-state index contributed by atoms with van der Waals surface area (Å²) in [7, 11) is 0. The molecule has 2 aromatic carbocycles. The van der Waals surface area contributed by atoms with Crippen molar-refractivity contribution in [1.82, 2.24) is 14.8 Å². The second-order valence-corrected chi connectivity index (χ2v) is 7.34. The topological polar surface area (TPSA) is 65.5 Å². The van der Waals surface area contributed by atoms with Crippen LogP contribution in [0.2, 0.25) is 0 Å². The number of thiazole rings is 1. The number of hydrogen-bond acceptors (Lipinski definition) is 4. The van der Waals surface area contributed by atoms with Gasteiger partial charge in [0.25, 0.3) is 5.91 Å². The molecule has 28 heavy (non-hydrogen) atoms. The molecule has 6 nitrogen and oxygen atoms in total. The molecule has 1 fully saturated rings. The third kappa shape index (κ3) is 4.04. The van der Waals surface area contributed by atoms with E-state index >= 15 is 0 Å². The van der Waals surface area contributed by atoms with Crippen LogP contribution in [0.4, 0.5) is 9.93 Å². The molecular formula is C21H20N4O2S. The van der Waals surface area contributed by atoms with Crippen LogP contribution in [0.1, 0.15) is 10.4 Å². The van der Waals surface area contributed by atoms with Crippen LogP contribution in [0.25, 0.3) is 11.3 Å². The number of aromatic nitrogens is 1. The first-order valence-corrected chi connectivity index (χ1v) is 10.00. The predicted molar refractivity (Wildman–Crippen MR) is 110 cm³/mol. The molecule has 1 aliphatic heterocycles. The molecule has 3 amide bonds. The number of hydrogen-bond donors (Lipinski definition) is 1. The van der Waals surface area contributed by atoms with Crippen molar-refractivity contribution >= 4 is 28.4 Å². The van der Waals surface area contributed by atoms with Gasteiger partial charge in [0.15, 0.2) is 5.13 Å². The van der Waals surface area contributed by atoms with Gasteiger partial charge in [0.1, 0.15) is 0 Å². The molecule has 1 N–H and O–H groups in total. The SMILES string of the molecule is O=C(Nc1nc(-c2ccccc2)cs1)N1CCN(C(=O)c2ccccc2)CC1. The Labute approximate surface area is 167 Å². The maximum absolute atomic E-state index is 12.5. The van der Waals surface area contributed by atoms with Crippen molar-refractivity contribution in [3.63, 3.8) is 0 Å². The number of anilines is 1. The van der Waals surface area contributed by atoms with Gasteiger partial charge in [0, 0.05) is 42.7 Å². The lowest BCUT2D eigenvalue weighted by atomic mass is 10.2. The van der Waals surface area contributed by atoms with Gasteiger partial charge in [-0.2, -0.15) is 0 Å². The van der Waals surface area contributed by atoms with Crippen molar-refractivity contribution in [1.29, 1.82) is 0 Å². The van der Waals surface area contributed by atoms with Gasteiger partial charge in [-0.1, -0.05) is 48.5 Å². The Kier molecular flexibility index (Phi) is 5.34. The summed E-state index contributed by atoms with van der Waals surface area (Å²) in [5.41, 5.74) is 2.54. The maximum atomic E-state index is 12.5. The van der Waals surface area contributed by atoms with Crippen molar-refractivity contribution in [3.05, 3.63) is 71.6 Å². The molecule has 7 heteroatoms. The van der Waals surface area contributed by atoms with E-state index in [4.69, 9.17) is 0 Å². The zero-order chi connectivity index (χ0) is 19.3. The molecule has 0 saturated carbocycles. The molecule has 0 atom stereocenters. The van der Waals surface area contributed by atoms with E-state index in [1.165, 1.54) is 11.3 Å². The molecule has 2 heterocycles. The number of rotatable bonds is 3. The highest BCUT2D eigenvalue weighted by Gasteiger charge is 2.25. The minimum absolute atomic E-state index is 0.00749. The van der Waals surface area contributed by atoms with Crippen LogP contribution in [0, 0.1) is 0 Å². The average molecular weight is 392 g/mol. The molecule has 1 saturated heterocycles. The van der Waals surface area contributed by atoms with E-state index in [0.717, 1.165) is 11.3 Å². The average Bonchev–Trinajstić information content (AvgIpc) is 3.23. The van der Waals surface area contributed by atoms with Gasteiger partial charge in [0.05, 0.1) is 5.69 Å². The van der Waals surface area contributed by atoms with Crippen molar-refractivity contribution in [2.75, 3.05) is 31.5 Å². The Morgan fingerprint density at radius 3 is 2.14 bits per heavy atom. The lowest BCUT2D eigenvalue weighted by Gasteiger charge is -2.34. The van der Waals surface area contributed by atoms with Crippen molar-refractivity contribution in [2.24, 2.45) is 0 Å². The summed E-state index contributed by atoms with van der Waals surface area (Å²) in [4.78, 5) is 33.0. The first-order valence-electron chi connectivity index (χ1n) is 9.12. The Balaban J connectivity index is 1.32. The summed E-state index contributed by atoms with van der Waals surface area (Å²) in [6, 6.07) is 18.9. The van der Waals surface area contributed by atoms with Crippen LogP contribution >= 0.6 is 11.3 Å². The molecule has 142 valence electrons. The summed E-state index contributed by atoms with van der Waals surface area (Å²) in [5.74, 6) is 0.00749. The van der Waals surface area contributed by atoms with Gasteiger partial charge in [-0.25, -0.2) is 9.78 Å². The van der Waals surface area contributed by atoms with Gasteiger partial charge in [-0.3, -0.25) is 10.1 Å². The number of benzene rings is 2. The van der Waals surface area contributed by atoms with Crippen LogP contribution in [-0.4, -0.2) is 52.9 Å². The molecule has 0 radical (unpaired) electrons. The number of nitrogens with zero attached hydrogens (tertiary/aromatic N) is 3. The Morgan fingerprint density at radius 2 is 1.46 bits per heavy atom. The van der Waals surface area contributed by atoms with Crippen LogP contribution in [-0.2, 0) is 0 Å². The molecule has 3 aromatic rings. The summed E-state index contributed by atoms with van der Waals surface area (Å²) in [5, 5.41) is 5.38. The van der Waals surface area contributed by atoms with Crippen molar-refractivity contribution < 1.29 is 9.59 Å².